The summed E-state index contributed by atoms with van der Waals surface area (Å²) in [6, 6.07) is 17.1. The molecule has 3 aromatic rings. The maximum Gasteiger partial charge on any atom is 0.326 e. The molecule has 0 aliphatic carbocycles. The number of rotatable bonds is 4. The Bertz CT molecular complexity index is 861. The summed E-state index contributed by atoms with van der Waals surface area (Å²) >= 11 is 0. The largest absolute Gasteiger partial charge is 0.326 e. The Labute approximate surface area is 133 Å². The molecule has 0 atom stereocenters. The van der Waals surface area contributed by atoms with Gasteiger partial charge in [0.25, 0.3) is 5.91 Å². The van der Waals surface area contributed by atoms with Crippen molar-refractivity contribution in [2.45, 2.75) is 13.5 Å². The third-order valence-corrected chi connectivity index (χ3v) is 3.59. The van der Waals surface area contributed by atoms with Crippen molar-refractivity contribution in [3.8, 4) is 0 Å². The molecular formula is C18H17N3O2. The van der Waals surface area contributed by atoms with Crippen molar-refractivity contribution in [1.82, 2.24) is 9.55 Å². The van der Waals surface area contributed by atoms with Crippen LogP contribution in [-0.2, 0) is 6.54 Å². The van der Waals surface area contributed by atoms with Crippen molar-refractivity contribution in [3.63, 3.8) is 0 Å². The molecule has 3 rings (SSSR count). The average molecular weight is 307 g/mol. The Hall–Kier alpha value is -3.08. The molecule has 0 saturated heterocycles. The van der Waals surface area contributed by atoms with E-state index in [9.17, 15) is 9.59 Å². The van der Waals surface area contributed by atoms with Crippen molar-refractivity contribution < 1.29 is 4.79 Å². The SMILES string of the molecule is Cc1ccc(NC(=O)c2c[nH]c(=O)n2Cc2ccccc2)cc1. The maximum absolute atomic E-state index is 12.4. The summed E-state index contributed by atoms with van der Waals surface area (Å²) < 4.78 is 1.43. The number of carbonyl (C=O) groups excluding carboxylic acids is 1. The highest BCUT2D eigenvalue weighted by atomic mass is 16.2. The van der Waals surface area contributed by atoms with Crippen LogP contribution in [0.4, 0.5) is 5.69 Å². The zero-order chi connectivity index (χ0) is 16.2. The first-order valence-electron chi connectivity index (χ1n) is 7.33. The number of aromatic nitrogens is 2. The molecule has 0 fully saturated rings. The Morgan fingerprint density at radius 1 is 1.09 bits per heavy atom. The van der Waals surface area contributed by atoms with Crippen molar-refractivity contribution in [3.05, 3.63) is 88.1 Å². The molecule has 0 spiro atoms. The van der Waals surface area contributed by atoms with E-state index < -0.39 is 0 Å². The van der Waals surface area contributed by atoms with Crippen molar-refractivity contribution in [1.29, 1.82) is 0 Å². The predicted molar refractivity (Wildman–Crippen MR) is 89.7 cm³/mol. The summed E-state index contributed by atoms with van der Waals surface area (Å²) in [5.41, 5.74) is 2.77. The van der Waals surface area contributed by atoms with Crippen LogP contribution < -0.4 is 11.0 Å². The first kappa shape index (κ1) is 14.8. The number of benzene rings is 2. The molecule has 2 aromatic carbocycles. The second-order valence-corrected chi connectivity index (χ2v) is 5.37. The molecule has 23 heavy (non-hydrogen) atoms. The smallest absolute Gasteiger partial charge is 0.321 e. The van der Waals surface area contributed by atoms with Gasteiger partial charge in [-0.1, -0.05) is 48.0 Å². The summed E-state index contributed by atoms with van der Waals surface area (Å²) in [6.07, 6.45) is 1.44. The van der Waals surface area contributed by atoms with Crippen LogP contribution in [0.1, 0.15) is 21.6 Å². The molecule has 0 aliphatic rings. The number of hydrogen-bond donors (Lipinski definition) is 2. The second kappa shape index (κ2) is 6.36. The fourth-order valence-electron chi connectivity index (χ4n) is 2.34. The topological polar surface area (TPSA) is 66.9 Å². The molecule has 0 radical (unpaired) electrons. The minimum atomic E-state index is -0.317. The number of H-pyrrole nitrogens is 1. The number of nitrogens with one attached hydrogen (secondary N) is 2. The van der Waals surface area contributed by atoms with E-state index in [1.54, 1.807) is 0 Å². The lowest BCUT2D eigenvalue weighted by Gasteiger charge is -2.08. The third kappa shape index (κ3) is 3.40. The molecule has 0 bridgehead atoms. The summed E-state index contributed by atoms with van der Waals surface area (Å²) in [4.78, 5) is 27.0. The number of amides is 1. The molecule has 116 valence electrons. The molecular weight excluding hydrogens is 290 g/mol. The van der Waals surface area contributed by atoms with Crippen molar-refractivity contribution in [2.75, 3.05) is 5.32 Å². The van der Waals surface area contributed by atoms with Crippen LogP contribution >= 0.6 is 0 Å². The molecule has 1 heterocycles. The lowest BCUT2D eigenvalue weighted by molar-refractivity contribution is 0.101. The van der Waals surface area contributed by atoms with E-state index in [4.69, 9.17) is 0 Å². The minimum absolute atomic E-state index is 0.303. The highest BCUT2D eigenvalue weighted by Crippen LogP contribution is 2.11. The maximum atomic E-state index is 12.4. The number of carbonyl (C=O) groups is 1. The quantitative estimate of drug-likeness (QED) is 0.778. The Morgan fingerprint density at radius 3 is 2.48 bits per heavy atom. The van der Waals surface area contributed by atoms with Crippen LogP contribution in [0.15, 0.2) is 65.6 Å². The summed E-state index contributed by atoms with van der Waals surface area (Å²) in [6.45, 7) is 2.33. The van der Waals surface area contributed by atoms with Gasteiger partial charge in [0.2, 0.25) is 0 Å². The van der Waals surface area contributed by atoms with E-state index in [-0.39, 0.29) is 11.6 Å². The number of hydrogen-bond acceptors (Lipinski definition) is 2. The second-order valence-electron chi connectivity index (χ2n) is 5.37. The van der Waals surface area contributed by atoms with Crippen LogP contribution in [0.5, 0.6) is 0 Å². The highest BCUT2D eigenvalue weighted by Gasteiger charge is 2.14. The number of aryl methyl sites for hydroxylation is 1. The molecule has 1 amide bonds. The van der Waals surface area contributed by atoms with Gasteiger partial charge in [-0.15, -0.1) is 0 Å². The van der Waals surface area contributed by atoms with Crippen LogP contribution in [-0.4, -0.2) is 15.5 Å². The van der Waals surface area contributed by atoms with E-state index in [1.807, 2.05) is 61.5 Å². The van der Waals surface area contributed by atoms with E-state index in [2.05, 4.69) is 10.3 Å². The van der Waals surface area contributed by atoms with Gasteiger partial charge in [-0.25, -0.2) is 4.79 Å². The van der Waals surface area contributed by atoms with Gasteiger partial charge >= 0.3 is 5.69 Å². The van der Waals surface area contributed by atoms with Gasteiger partial charge in [-0.3, -0.25) is 9.36 Å². The van der Waals surface area contributed by atoms with Gasteiger partial charge in [0.15, 0.2) is 0 Å². The van der Waals surface area contributed by atoms with Crippen LogP contribution in [0, 0.1) is 6.92 Å². The van der Waals surface area contributed by atoms with E-state index in [0.29, 0.717) is 17.9 Å². The number of imidazole rings is 1. The van der Waals surface area contributed by atoms with Crippen LogP contribution in [0.2, 0.25) is 0 Å². The van der Waals surface area contributed by atoms with Crippen LogP contribution in [0.25, 0.3) is 0 Å². The van der Waals surface area contributed by atoms with Gasteiger partial charge in [0.1, 0.15) is 5.69 Å². The summed E-state index contributed by atoms with van der Waals surface area (Å²) in [5, 5.41) is 2.81. The van der Waals surface area contributed by atoms with Gasteiger partial charge in [-0.05, 0) is 24.6 Å². The fourth-order valence-corrected chi connectivity index (χ4v) is 2.34. The van der Waals surface area contributed by atoms with Crippen molar-refractivity contribution in [2.24, 2.45) is 0 Å². The first-order chi connectivity index (χ1) is 11.1. The molecule has 0 saturated carbocycles. The number of nitrogens with zero attached hydrogens (tertiary/aromatic N) is 1. The molecule has 5 nitrogen and oxygen atoms in total. The molecule has 1 aromatic heterocycles. The van der Waals surface area contributed by atoms with E-state index in [0.717, 1.165) is 11.1 Å². The fraction of sp³-hybridized carbons (Fsp3) is 0.111. The van der Waals surface area contributed by atoms with E-state index >= 15 is 0 Å². The predicted octanol–water partition coefficient (Wildman–Crippen LogP) is 2.79. The number of anilines is 1. The standard InChI is InChI=1S/C18H17N3O2/c1-13-7-9-15(10-8-13)20-17(22)16-11-19-18(23)21(16)12-14-5-3-2-4-6-14/h2-11H,12H2,1H3,(H,19,23)(H,20,22). The van der Waals surface area contributed by atoms with Crippen LogP contribution in [0.3, 0.4) is 0 Å². The van der Waals surface area contributed by atoms with Crippen molar-refractivity contribution >= 4 is 11.6 Å². The Kier molecular flexibility index (Phi) is 4.10. The average Bonchev–Trinajstić information content (AvgIpc) is 2.92. The Balaban J connectivity index is 1.84. The van der Waals surface area contributed by atoms with Gasteiger partial charge in [0.05, 0.1) is 6.54 Å². The molecule has 0 aliphatic heterocycles. The third-order valence-electron chi connectivity index (χ3n) is 3.59. The molecule has 5 heteroatoms. The Morgan fingerprint density at radius 2 is 1.78 bits per heavy atom. The molecule has 2 N–H and O–H groups in total. The number of aromatic amines is 1. The molecule has 0 unspecified atom stereocenters. The highest BCUT2D eigenvalue weighted by molar-refractivity contribution is 6.02. The summed E-state index contributed by atoms with van der Waals surface area (Å²) in [5.74, 6) is -0.317. The van der Waals surface area contributed by atoms with Gasteiger partial charge < -0.3 is 10.3 Å². The minimum Gasteiger partial charge on any atom is -0.321 e. The lowest BCUT2D eigenvalue weighted by atomic mass is 10.2. The van der Waals surface area contributed by atoms with Gasteiger partial charge in [-0.2, -0.15) is 0 Å². The zero-order valence-corrected chi connectivity index (χ0v) is 12.7. The van der Waals surface area contributed by atoms with Gasteiger partial charge in [0, 0.05) is 11.9 Å². The monoisotopic (exact) mass is 307 g/mol. The normalized spacial score (nSPS) is 10.5. The first-order valence-corrected chi connectivity index (χ1v) is 7.33. The summed E-state index contributed by atoms with van der Waals surface area (Å²) in [7, 11) is 0. The lowest BCUT2D eigenvalue weighted by Crippen LogP contribution is -2.24. The zero-order valence-electron chi connectivity index (χ0n) is 12.7. The van der Waals surface area contributed by atoms with E-state index in [1.165, 1.54) is 10.8 Å².